The number of aromatic nitrogens is 2. The molecule has 0 N–H and O–H groups in total. The average Bonchev–Trinajstić information content (AvgIpc) is 2.87. The highest BCUT2D eigenvalue weighted by atomic mass is 32.2. The second kappa shape index (κ2) is 6.78. The van der Waals surface area contributed by atoms with Gasteiger partial charge in [-0.05, 0) is 19.8 Å². The van der Waals surface area contributed by atoms with Crippen molar-refractivity contribution in [2.75, 3.05) is 12.4 Å². The Balaban J connectivity index is 1.83. The van der Waals surface area contributed by atoms with Gasteiger partial charge in [0.2, 0.25) is 5.89 Å². The predicted octanol–water partition coefficient (Wildman–Crippen LogP) is 2.77. The number of ether oxygens (including phenoxy) is 1. The molecule has 1 fully saturated rings. The van der Waals surface area contributed by atoms with Crippen LogP contribution in [0.3, 0.4) is 0 Å². The van der Waals surface area contributed by atoms with Gasteiger partial charge in [0.1, 0.15) is 5.75 Å². The van der Waals surface area contributed by atoms with Crippen LogP contribution in [0.25, 0.3) is 0 Å². The summed E-state index contributed by atoms with van der Waals surface area (Å²) in [7, 11) is 0. The van der Waals surface area contributed by atoms with Crippen LogP contribution in [0.1, 0.15) is 50.8 Å². The van der Waals surface area contributed by atoms with Crippen molar-refractivity contribution in [1.29, 1.82) is 0 Å². The van der Waals surface area contributed by atoms with Crippen LogP contribution in [-0.2, 0) is 9.53 Å². The first kappa shape index (κ1) is 13.4. The van der Waals surface area contributed by atoms with Crippen LogP contribution in [0.15, 0.2) is 9.64 Å². The van der Waals surface area contributed by atoms with E-state index in [-0.39, 0.29) is 11.7 Å². The van der Waals surface area contributed by atoms with E-state index in [1.807, 2.05) is 0 Å². The fourth-order valence-corrected chi connectivity index (χ4v) is 2.68. The summed E-state index contributed by atoms with van der Waals surface area (Å²) < 4.78 is 10.4. The Bertz CT molecular complexity index is 388. The highest BCUT2D eigenvalue weighted by Crippen LogP contribution is 2.32. The van der Waals surface area contributed by atoms with Gasteiger partial charge in [0.05, 0.1) is 6.61 Å². The summed E-state index contributed by atoms with van der Waals surface area (Å²) in [4.78, 5) is 11.2. The molecule has 18 heavy (non-hydrogen) atoms. The SMILES string of the molecule is CCOC(=O)CSc1nnc(C2CCCCC2)o1. The first-order valence-electron chi connectivity index (χ1n) is 6.41. The van der Waals surface area contributed by atoms with Crippen LogP contribution in [0, 0.1) is 0 Å². The van der Waals surface area contributed by atoms with Crippen molar-refractivity contribution in [3.63, 3.8) is 0 Å². The van der Waals surface area contributed by atoms with E-state index in [9.17, 15) is 4.79 Å². The summed E-state index contributed by atoms with van der Waals surface area (Å²) in [6, 6.07) is 0. The Hall–Kier alpha value is -1.04. The highest BCUT2D eigenvalue weighted by Gasteiger charge is 2.21. The molecular weight excluding hydrogens is 252 g/mol. The molecule has 1 aliphatic carbocycles. The van der Waals surface area contributed by atoms with Crippen molar-refractivity contribution >= 4 is 17.7 Å². The first-order chi connectivity index (χ1) is 8.79. The molecular formula is C12H18N2O3S. The van der Waals surface area contributed by atoms with Crippen LogP contribution in [0.4, 0.5) is 0 Å². The van der Waals surface area contributed by atoms with E-state index in [0.717, 1.165) is 18.7 Å². The van der Waals surface area contributed by atoms with Crippen LogP contribution in [0.5, 0.6) is 0 Å². The molecule has 2 rings (SSSR count). The molecule has 5 nitrogen and oxygen atoms in total. The normalized spacial score (nSPS) is 16.7. The third kappa shape index (κ3) is 3.73. The van der Waals surface area contributed by atoms with E-state index >= 15 is 0 Å². The summed E-state index contributed by atoms with van der Waals surface area (Å²) in [6.07, 6.45) is 6.03. The maximum Gasteiger partial charge on any atom is 0.316 e. The van der Waals surface area contributed by atoms with Gasteiger partial charge in [-0.1, -0.05) is 31.0 Å². The molecule has 0 atom stereocenters. The summed E-state index contributed by atoms with van der Waals surface area (Å²) >= 11 is 1.24. The zero-order valence-electron chi connectivity index (χ0n) is 10.6. The fraction of sp³-hybridized carbons (Fsp3) is 0.750. The third-order valence-electron chi connectivity index (χ3n) is 3.00. The minimum Gasteiger partial charge on any atom is -0.465 e. The number of carbonyl (C=O) groups excluding carboxylic acids is 1. The lowest BCUT2D eigenvalue weighted by Gasteiger charge is -2.17. The molecule has 1 saturated carbocycles. The van der Waals surface area contributed by atoms with Crippen LogP contribution < -0.4 is 0 Å². The quantitative estimate of drug-likeness (QED) is 0.605. The number of carbonyl (C=O) groups is 1. The Morgan fingerprint density at radius 2 is 2.17 bits per heavy atom. The molecule has 0 bridgehead atoms. The van der Waals surface area contributed by atoms with E-state index in [2.05, 4.69) is 10.2 Å². The Kier molecular flexibility index (Phi) is 5.04. The van der Waals surface area contributed by atoms with E-state index in [1.54, 1.807) is 6.92 Å². The molecule has 0 unspecified atom stereocenters. The fourth-order valence-electron chi connectivity index (χ4n) is 2.12. The van der Waals surface area contributed by atoms with Gasteiger partial charge in [-0.2, -0.15) is 0 Å². The van der Waals surface area contributed by atoms with Gasteiger partial charge in [0.25, 0.3) is 5.22 Å². The largest absolute Gasteiger partial charge is 0.465 e. The van der Waals surface area contributed by atoms with Gasteiger partial charge in [0.15, 0.2) is 0 Å². The maximum absolute atomic E-state index is 11.2. The van der Waals surface area contributed by atoms with Gasteiger partial charge in [-0.25, -0.2) is 0 Å². The van der Waals surface area contributed by atoms with E-state index in [1.165, 1.54) is 31.0 Å². The zero-order valence-corrected chi connectivity index (χ0v) is 11.4. The molecule has 0 aromatic carbocycles. The smallest absolute Gasteiger partial charge is 0.316 e. The van der Waals surface area contributed by atoms with E-state index < -0.39 is 0 Å². The van der Waals surface area contributed by atoms with Crippen molar-refractivity contribution in [2.45, 2.75) is 50.2 Å². The van der Waals surface area contributed by atoms with Crippen molar-refractivity contribution < 1.29 is 13.9 Å². The van der Waals surface area contributed by atoms with Gasteiger partial charge < -0.3 is 9.15 Å². The number of esters is 1. The number of thioether (sulfide) groups is 1. The molecule has 0 radical (unpaired) electrons. The van der Waals surface area contributed by atoms with E-state index in [4.69, 9.17) is 9.15 Å². The lowest BCUT2D eigenvalue weighted by Crippen LogP contribution is -2.06. The van der Waals surface area contributed by atoms with Crippen molar-refractivity contribution in [3.05, 3.63) is 5.89 Å². The van der Waals surface area contributed by atoms with Crippen molar-refractivity contribution in [3.8, 4) is 0 Å². The minimum absolute atomic E-state index is 0.222. The lowest BCUT2D eigenvalue weighted by molar-refractivity contribution is -0.139. The summed E-state index contributed by atoms with van der Waals surface area (Å²) in [6.45, 7) is 2.19. The molecule has 100 valence electrons. The number of rotatable bonds is 5. The monoisotopic (exact) mass is 270 g/mol. The lowest BCUT2D eigenvalue weighted by atomic mass is 9.89. The molecule has 1 aromatic heterocycles. The minimum atomic E-state index is -0.250. The Morgan fingerprint density at radius 3 is 2.89 bits per heavy atom. The summed E-state index contributed by atoms with van der Waals surface area (Å²) in [5.74, 6) is 1.10. The van der Waals surface area contributed by atoms with Gasteiger partial charge in [-0.3, -0.25) is 4.79 Å². The second-order valence-corrected chi connectivity index (χ2v) is 5.26. The molecule has 6 heteroatoms. The van der Waals surface area contributed by atoms with Gasteiger partial charge in [-0.15, -0.1) is 10.2 Å². The molecule has 0 amide bonds. The number of hydrogen-bond donors (Lipinski definition) is 0. The molecule has 0 spiro atoms. The number of nitrogens with zero attached hydrogens (tertiary/aromatic N) is 2. The highest BCUT2D eigenvalue weighted by molar-refractivity contribution is 7.99. The van der Waals surface area contributed by atoms with E-state index in [0.29, 0.717) is 17.7 Å². The van der Waals surface area contributed by atoms with Crippen LogP contribution in [-0.4, -0.2) is 28.5 Å². The molecule has 0 aliphatic heterocycles. The van der Waals surface area contributed by atoms with Crippen LogP contribution >= 0.6 is 11.8 Å². The van der Waals surface area contributed by atoms with Crippen molar-refractivity contribution in [1.82, 2.24) is 10.2 Å². The average molecular weight is 270 g/mol. The topological polar surface area (TPSA) is 65.2 Å². The first-order valence-corrected chi connectivity index (χ1v) is 7.40. The molecule has 0 saturated heterocycles. The van der Waals surface area contributed by atoms with Gasteiger partial charge in [0, 0.05) is 5.92 Å². The number of hydrogen-bond acceptors (Lipinski definition) is 6. The van der Waals surface area contributed by atoms with Gasteiger partial charge >= 0.3 is 5.97 Å². The summed E-state index contributed by atoms with van der Waals surface area (Å²) in [5, 5.41) is 8.50. The zero-order chi connectivity index (χ0) is 12.8. The predicted molar refractivity (Wildman–Crippen MR) is 67.5 cm³/mol. The standard InChI is InChI=1S/C12H18N2O3S/c1-2-16-10(15)8-18-12-14-13-11(17-12)9-6-4-3-5-7-9/h9H,2-8H2,1H3. The second-order valence-electron chi connectivity index (χ2n) is 4.33. The maximum atomic E-state index is 11.2. The molecule has 1 heterocycles. The summed E-state index contributed by atoms with van der Waals surface area (Å²) in [5.41, 5.74) is 0. The molecule has 1 aromatic rings. The van der Waals surface area contributed by atoms with Crippen molar-refractivity contribution in [2.24, 2.45) is 0 Å². The molecule has 1 aliphatic rings. The Labute approximate surface area is 111 Å². The third-order valence-corrected chi connectivity index (χ3v) is 3.79. The Morgan fingerprint density at radius 1 is 1.39 bits per heavy atom. The van der Waals surface area contributed by atoms with Crippen LogP contribution in [0.2, 0.25) is 0 Å².